The van der Waals surface area contributed by atoms with E-state index in [2.05, 4.69) is 0 Å². The molecule has 0 fully saturated rings. The Kier molecular flexibility index (Phi) is 33.5. The Morgan fingerprint density at radius 1 is 0.448 bits per heavy atom. The van der Waals surface area contributed by atoms with Gasteiger partial charge in [0, 0.05) is 22.3 Å². The third kappa shape index (κ3) is 15.6. The molecule has 29 heavy (non-hydrogen) atoms. The number of rotatable bonds is 4. The summed E-state index contributed by atoms with van der Waals surface area (Å²) in [6.45, 7) is 0. The number of aromatic carboxylic acids is 4. The largest absolute Gasteiger partial charge is 1.00 e. The van der Waals surface area contributed by atoms with Gasteiger partial charge in [-0.2, -0.15) is 0 Å². The van der Waals surface area contributed by atoms with E-state index in [1.165, 1.54) is 24.3 Å². The zero-order valence-corrected chi connectivity index (χ0v) is 29.6. The second-order valence-electron chi connectivity index (χ2n) is 4.24. The summed E-state index contributed by atoms with van der Waals surface area (Å²) in [7, 11) is 0. The molecular formula is C16H9ClK4O8. The summed E-state index contributed by atoms with van der Waals surface area (Å²) in [6, 6.07) is 10.3. The standard InChI is InChI=1S/2C8H6O4.ClH.4K/c2*9-7(10)5-3-1-2-4-6(5)8(11)12;;;;;/h2*1-4H,(H,9,10)(H,11,12);1H;;;;/q;;;4*+1/p-4. The van der Waals surface area contributed by atoms with E-state index in [0.29, 0.717) is 0 Å². The number of carbonyl (C=O) groups excluding carboxylic acids is 4. The molecule has 0 saturated carbocycles. The van der Waals surface area contributed by atoms with Crippen LogP contribution in [0.3, 0.4) is 0 Å². The molecular weight excluding hydrogens is 512 g/mol. The second kappa shape index (κ2) is 22.9. The number of benzene rings is 2. The van der Waals surface area contributed by atoms with Gasteiger partial charge in [0.1, 0.15) is 0 Å². The van der Waals surface area contributed by atoms with Crippen LogP contribution in [0.15, 0.2) is 48.5 Å². The van der Waals surface area contributed by atoms with E-state index >= 15 is 0 Å². The van der Waals surface area contributed by atoms with Gasteiger partial charge in [-0.15, -0.1) is 12.4 Å². The van der Waals surface area contributed by atoms with Crippen LogP contribution in [0.4, 0.5) is 0 Å². The zero-order valence-electron chi connectivity index (χ0n) is 16.3. The van der Waals surface area contributed by atoms with Gasteiger partial charge >= 0.3 is 206 Å². The maximum absolute atomic E-state index is 10.3. The van der Waals surface area contributed by atoms with Crippen LogP contribution >= 0.6 is 12.4 Å². The Morgan fingerprint density at radius 3 is 0.690 bits per heavy atom. The molecule has 0 heterocycles. The van der Waals surface area contributed by atoms with Gasteiger partial charge < -0.3 is 39.6 Å². The minimum absolute atomic E-state index is 0. The first-order valence-corrected chi connectivity index (χ1v) is 6.29. The third-order valence-corrected chi connectivity index (χ3v) is 2.73. The van der Waals surface area contributed by atoms with Crippen molar-refractivity contribution in [2.75, 3.05) is 0 Å². The number of carboxylic acid groups (broad SMARTS) is 4. The maximum atomic E-state index is 10.3. The van der Waals surface area contributed by atoms with Crippen molar-refractivity contribution in [2.24, 2.45) is 0 Å². The Bertz CT molecular complexity index is 684. The van der Waals surface area contributed by atoms with Crippen LogP contribution in [-0.4, -0.2) is 23.9 Å². The topological polar surface area (TPSA) is 161 Å². The first-order chi connectivity index (χ1) is 11.3. The molecule has 8 nitrogen and oxygen atoms in total. The van der Waals surface area contributed by atoms with Crippen molar-refractivity contribution in [1.82, 2.24) is 0 Å². The normalized spacial score (nSPS) is 7.72. The predicted octanol–water partition coefficient (Wildman–Crippen LogP) is -14.7. The molecule has 2 aromatic rings. The first-order valence-electron chi connectivity index (χ1n) is 6.29. The van der Waals surface area contributed by atoms with Crippen molar-refractivity contribution in [3.8, 4) is 0 Å². The van der Waals surface area contributed by atoms with Gasteiger partial charge in [-0.3, -0.25) is 0 Å². The van der Waals surface area contributed by atoms with E-state index in [1.54, 1.807) is 0 Å². The summed E-state index contributed by atoms with van der Waals surface area (Å²) in [5, 5.41) is 41.3. The number of hydrogen-bond acceptors (Lipinski definition) is 8. The van der Waals surface area contributed by atoms with Crippen LogP contribution in [-0.2, 0) is 0 Å². The molecule has 0 aliphatic carbocycles. The Morgan fingerprint density at radius 2 is 0.586 bits per heavy atom. The summed E-state index contributed by atoms with van der Waals surface area (Å²) in [4.78, 5) is 41.3. The number of hydrogen-bond donors (Lipinski definition) is 0. The number of halogens is 1. The summed E-state index contributed by atoms with van der Waals surface area (Å²) >= 11 is 0. The molecule has 0 N–H and O–H groups in total. The molecule has 13 heteroatoms. The van der Waals surface area contributed by atoms with Crippen molar-refractivity contribution in [3.63, 3.8) is 0 Å². The molecule has 0 aliphatic heterocycles. The fourth-order valence-corrected chi connectivity index (χ4v) is 1.68. The van der Waals surface area contributed by atoms with E-state index in [-0.39, 0.29) is 240 Å². The van der Waals surface area contributed by atoms with Crippen LogP contribution in [0.2, 0.25) is 0 Å². The average Bonchev–Trinajstić information content (AvgIpc) is 2.55. The zero-order chi connectivity index (χ0) is 18.3. The molecule has 0 amide bonds. The van der Waals surface area contributed by atoms with E-state index in [9.17, 15) is 39.6 Å². The first kappa shape index (κ1) is 42.3. The molecule has 0 radical (unpaired) electrons. The summed E-state index contributed by atoms with van der Waals surface area (Å²) in [6.07, 6.45) is 0. The molecule has 132 valence electrons. The molecule has 0 aliphatic rings. The molecule has 0 spiro atoms. The number of carbonyl (C=O) groups is 4. The van der Waals surface area contributed by atoms with Crippen LogP contribution in [0.1, 0.15) is 41.4 Å². The van der Waals surface area contributed by atoms with Crippen LogP contribution in [0.5, 0.6) is 0 Å². The molecule has 0 atom stereocenters. The van der Waals surface area contributed by atoms with Crippen molar-refractivity contribution < 1.29 is 245 Å². The van der Waals surface area contributed by atoms with Gasteiger partial charge in [-0.05, 0) is 0 Å². The van der Waals surface area contributed by atoms with Crippen molar-refractivity contribution in [3.05, 3.63) is 70.8 Å². The summed E-state index contributed by atoms with van der Waals surface area (Å²) < 4.78 is 0. The Balaban J connectivity index is -0.000000113. The SMILES string of the molecule is Cl.O=C([O-])c1ccccc1C(=O)[O-].O=C([O-])c1ccccc1C(=O)[O-].[K+].[K+].[K+].[K+]. The van der Waals surface area contributed by atoms with Crippen LogP contribution in [0.25, 0.3) is 0 Å². The van der Waals surface area contributed by atoms with Gasteiger partial charge in [-0.25, -0.2) is 0 Å². The molecule has 2 rings (SSSR count). The van der Waals surface area contributed by atoms with Crippen LogP contribution in [0, 0.1) is 0 Å². The maximum Gasteiger partial charge on any atom is 1.00 e. The Hall–Kier alpha value is 3.16. The van der Waals surface area contributed by atoms with Gasteiger partial charge in [0.25, 0.3) is 0 Å². The molecule has 2 aromatic carbocycles. The minimum Gasteiger partial charge on any atom is -0.545 e. The fourth-order valence-electron chi connectivity index (χ4n) is 1.68. The molecule has 0 unspecified atom stereocenters. The molecule has 0 saturated heterocycles. The van der Waals surface area contributed by atoms with E-state index in [4.69, 9.17) is 0 Å². The van der Waals surface area contributed by atoms with Gasteiger partial charge in [0.2, 0.25) is 0 Å². The van der Waals surface area contributed by atoms with E-state index in [0.717, 1.165) is 24.3 Å². The minimum atomic E-state index is -1.52. The Labute approximate surface area is 343 Å². The van der Waals surface area contributed by atoms with Crippen molar-refractivity contribution in [1.29, 1.82) is 0 Å². The number of carboxylic acids is 4. The monoisotopic (exact) mass is 520 g/mol. The average molecular weight is 521 g/mol. The van der Waals surface area contributed by atoms with Gasteiger partial charge in [0.15, 0.2) is 0 Å². The quantitative estimate of drug-likeness (QED) is 0.359. The second-order valence-corrected chi connectivity index (χ2v) is 4.24. The van der Waals surface area contributed by atoms with Gasteiger partial charge in [-0.1, -0.05) is 48.5 Å². The summed E-state index contributed by atoms with van der Waals surface area (Å²) in [5.74, 6) is -6.07. The smallest absolute Gasteiger partial charge is 0.545 e. The van der Waals surface area contributed by atoms with E-state index in [1.807, 2.05) is 0 Å². The predicted molar refractivity (Wildman–Crippen MR) is 77.5 cm³/mol. The fraction of sp³-hybridized carbons (Fsp3) is 0. The summed E-state index contributed by atoms with van der Waals surface area (Å²) in [5.41, 5.74) is -1.45. The molecule has 0 bridgehead atoms. The third-order valence-electron chi connectivity index (χ3n) is 2.73. The van der Waals surface area contributed by atoms with Crippen molar-refractivity contribution >= 4 is 36.3 Å². The van der Waals surface area contributed by atoms with E-state index < -0.39 is 23.9 Å². The van der Waals surface area contributed by atoms with Crippen molar-refractivity contribution in [2.45, 2.75) is 0 Å². The van der Waals surface area contributed by atoms with Crippen LogP contribution < -0.4 is 226 Å². The molecule has 0 aromatic heterocycles. The van der Waals surface area contributed by atoms with Gasteiger partial charge in [0.05, 0.1) is 23.9 Å².